The number of esters is 1. The summed E-state index contributed by atoms with van der Waals surface area (Å²) in [6, 6.07) is 3.88. The molecule has 0 amide bonds. The lowest BCUT2D eigenvalue weighted by molar-refractivity contribution is -0.142. The molecule has 0 aliphatic carbocycles. The Morgan fingerprint density at radius 2 is 2.00 bits per heavy atom. The highest BCUT2D eigenvalue weighted by Crippen LogP contribution is 2.28. The number of piperidine rings is 1. The van der Waals surface area contributed by atoms with Crippen LogP contribution in [0, 0.1) is 5.92 Å². The summed E-state index contributed by atoms with van der Waals surface area (Å²) in [7, 11) is -1.37. The maximum Gasteiger partial charge on any atom is 0.341 e. The van der Waals surface area contributed by atoms with Crippen molar-refractivity contribution in [3.63, 3.8) is 0 Å². The Kier molecular flexibility index (Phi) is 5.45. The van der Waals surface area contributed by atoms with Crippen molar-refractivity contribution in [3.8, 4) is 5.75 Å². The minimum absolute atomic E-state index is 0.00660. The molecule has 1 saturated heterocycles. The maximum absolute atomic E-state index is 12.8. The minimum atomic E-state index is -3.91. The molecule has 8 nitrogen and oxygen atoms in total. The van der Waals surface area contributed by atoms with Crippen LogP contribution >= 0.6 is 0 Å². The molecule has 1 fully saturated rings. The Morgan fingerprint density at radius 1 is 1.29 bits per heavy atom. The number of hydrogen-bond donors (Lipinski definition) is 1. The zero-order valence-electron chi connectivity index (χ0n) is 13.4. The van der Waals surface area contributed by atoms with E-state index in [0.29, 0.717) is 12.8 Å². The maximum atomic E-state index is 12.8. The molecule has 1 heterocycles. The first-order valence-corrected chi connectivity index (χ1v) is 8.74. The average molecular weight is 357 g/mol. The van der Waals surface area contributed by atoms with Gasteiger partial charge in [0.15, 0.2) is 0 Å². The lowest BCUT2D eigenvalue weighted by Gasteiger charge is -2.30. The van der Waals surface area contributed by atoms with Crippen molar-refractivity contribution in [3.05, 3.63) is 23.8 Å². The number of carbonyl (C=O) groups excluding carboxylic acids is 1. The van der Waals surface area contributed by atoms with E-state index in [1.54, 1.807) is 0 Å². The van der Waals surface area contributed by atoms with Crippen LogP contribution in [0.1, 0.15) is 23.2 Å². The van der Waals surface area contributed by atoms with Crippen molar-refractivity contribution in [2.75, 3.05) is 27.3 Å². The molecule has 1 aromatic rings. The van der Waals surface area contributed by atoms with Gasteiger partial charge in [-0.05, 0) is 31.0 Å². The topological polar surface area (TPSA) is 110 Å². The molecule has 0 saturated carbocycles. The fourth-order valence-corrected chi connectivity index (χ4v) is 4.18. The molecule has 24 heavy (non-hydrogen) atoms. The Bertz CT molecular complexity index is 744. The van der Waals surface area contributed by atoms with Crippen LogP contribution in [0.2, 0.25) is 0 Å². The summed E-state index contributed by atoms with van der Waals surface area (Å²) in [5.74, 6) is -2.26. The number of sulfonamides is 1. The predicted octanol–water partition coefficient (Wildman–Crippen LogP) is 0.967. The van der Waals surface area contributed by atoms with Gasteiger partial charge in [0.2, 0.25) is 10.0 Å². The lowest BCUT2D eigenvalue weighted by Crippen LogP contribution is -2.42. The number of aliphatic carboxylic acids is 1. The van der Waals surface area contributed by atoms with Gasteiger partial charge in [-0.15, -0.1) is 0 Å². The van der Waals surface area contributed by atoms with Crippen LogP contribution in [0.5, 0.6) is 5.75 Å². The van der Waals surface area contributed by atoms with Gasteiger partial charge in [0.25, 0.3) is 0 Å². The molecular formula is C15H19NO7S. The average Bonchev–Trinajstić information content (AvgIpc) is 2.60. The first kappa shape index (κ1) is 18.2. The number of ether oxygens (including phenoxy) is 2. The molecule has 0 aromatic heterocycles. The highest BCUT2D eigenvalue weighted by atomic mass is 32.2. The Balaban J connectivity index is 2.38. The molecule has 2 rings (SSSR count). The summed E-state index contributed by atoms with van der Waals surface area (Å²) in [6.07, 6.45) is 0.910. The number of carbonyl (C=O) groups is 2. The van der Waals surface area contributed by atoms with Crippen LogP contribution in [-0.2, 0) is 19.6 Å². The molecule has 0 bridgehead atoms. The normalized spacial score (nSPS) is 18.8. The monoisotopic (exact) mass is 357 g/mol. The van der Waals surface area contributed by atoms with Crippen molar-refractivity contribution < 1.29 is 32.6 Å². The Labute approximate surface area is 140 Å². The van der Waals surface area contributed by atoms with E-state index in [9.17, 15) is 18.0 Å². The fourth-order valence-electron chi connectivity index (χ4n) is 2.63. The van der Waals surface area contributed by atoms with Crippen LogP contribution in [0.15, 0.2) is 23.1 Å². The molecule has 1 unspecified atom stereocenters. The zero-order valence-corrected chi connectivity index (χ0v) is 14.2. The summed E-state index contributed by atoms with van der Waals surface area (Å²) in [5, 5.41) is 9.11. The third-order valence-corrected chi connectivity index (χ3v) is 5.81. The first-order chi connectivity index (χ1) is 11.3. The van der Waals surface area contributed by atoms with Gasteiger partial charge in [-0.2, -0.15) is 4.31 Å². The van der Waals surface area contributed by atoms with E-state index in [4.69, 9.17) is 9.84 Å². The van der Waals surface area contributed by atoms with Gasteiger partial charge in [-0.25, -0.2) is 13.2 Å². The van der Waals surface area contributed by atoms with E-state index < -0.39 is 27.9 Å². The second-order valence-corrected chi connectivity index (χ2v) is 7.33. The third kappa shape index (κ3) is 3.51. The van der Waals surface area contributed by atoms with Gasteiger partial charge in [-0.3, -0.25) is 4.79 Å². The van der Waals surface area contributed by atoms with Gasteiger partial charge >= 0.3 is 11.9 Å². The van der Waals surface area contributed by atoms with Crippen molar-refractivity contribution in [2.45, 2.75) is 17.7 Å². The molecular weight excluding hydrogens is 338 g/mol. The summed E-state index contributed by atoms with van der Waals surface area (Å²) in [6.45, 7) is 0.156. The summed E-state index contributed by atoms with van der Waals surface area (Å²) >= 11 is 0. The standard InChI is InChI=1S/C15H19NO7S/c1-22-13-6-5-11(8-12(13)15(19)23-2)24(20,21)16-7-3-4-10(9-16)14(17)18/h5-6,8,10H,3-4,7,9H2,1-2H3,(H,17,18). The molecule has 132 valence electrons. The predicted molar refractivity (Wildman–Crippen MR) is 83.5 cm³/mol. The molecule has 1 aliphatic rings. The Hall–Kier alpha value is -2.13. The molecule has 1 aromatic carbocycles. The number of rotatable bonds is 5. The molecule has 1 N–H and O–H groups in total. The number of hydrogen-bond acceptors (Lipinski definition) is 6. The third-order valence-electron chi connectivity index (χ3n) is 3.95. The summed E-state index contributed by atoms with van der Waals surface area (Å²) in [5.41, 5.74) is -0.00660. The minimum Gasteiger partial charge on any atom is -0.496 e. The van der Waals surface area contributed by atoms with Gasteiger partial charge in [0.05, 0.1) is 25.0 Å². The van der Waals surface area contributed by atoms with Crippen molar-refractivity contribution >= 4 is 22.0 Å². The number of nitrogens with zero attached hydrogens (tertiary/aromatic N) is 1. The number of carboxylic acids is 1. The van der Waals surface area contributed by atoms with E-state index in [-0.39, 0.29) is 29.3 Å². The Morgan fingerprint density at radius 3 is 2.58 bits per heavy atom. The SMILES string of the molecule is COC(=O)c1cc(S(=O)(=O)N2CCCC(C(=O)O)C2)ccc1OC. The fraction of sp³-hybridized carbons (Fsp3) is 0.467. The number of carboxylic acid groups (broad SMARTS) is 1. The van der Waals surface area contributed by atoms with Gasteiger partial charge in [0.1, 0.15) is 11.3 Å². The van der Waals surface area contributed by atoms with E-state index in [1.165, 1.54) is 32.4 Å². The van der Waals surface area contributed by atoms with E-state index in [2.05, 4.69) is 4.74 Å². The van der Waals surface area contributed by atoms with E-state index >= 15 is 0 Å². The highest BCUT2D eigenvalue weighted by molar-refractivity contribution is 7.89. The molecule has 0 spiro atoms. The van der Waals surface area contributed by atoms with E-state index in [0.717, 1.165) is 4.31 Å². The molecule has 1 atom stereocenters. The van der Waals surface area contributed by atoms with Crippen molar-refractivity contribution in [1.82, 2.24) is 4.31 Å². The second kappa shape index (κ2) is 7.18. The van der Waals surface area contributed by atoms with Crippen LogP contribution in [0.3, 0.4) is 0 Å². The first-order valence-electron chi connectivity index (χ1n) is 7.30. The van der Waals surface area contributed by atoms with Gasteiger partial charge < -0.3 is 14.6 Å². The van der Waals surface area contributed by atoms with Crippen LogP contribution in [0.4, 0.5) is 0 Å². The summed E-state index contributed by atoms with van der Waals surface area (Å²) < 4.78 is 36.3. The zero-order chi connectivity index (χ0) is 17.9. The van der Waals surface area contributed by atoms with Gasteiger partial charge in [-0.1, -0.05) is 0 Å². The summed E-state index contributed by atoms with van der Waals surface area (Å²) in [4.78, 5) is 22.8. The van der Waals surface area contributed by atoms with Crippen LogP contribution in [-0.4, -0.2) is 57.1 Å². The highest BCUT2D eigenvalue weighted by Gasteiger charge is 2.33. The van der Waals surface area contributed by atoms with Crippen molar-refractivity contribution in [2.24, 2.45) is 5.92 Å². The quantitative estimate of drug-likeness (QED) is 0.782. The van der Waals surface area contributed by atoms with Gasteiger partial charge in [0, 0.05) is 13.1 Å². The lowest BCUT2D eigenvalue weighted by atomic mass is 10.0. The molecule has 9 heteroatoms. The van der Waals surface area contributed by atoms with Crippen LogP contribution < -0.4 is 4.74 Å². The molecule has 1 aliphatic heterocycles. The smallest absolute Gasteiger partial charge is 0.341 e. The molecule has 0 radical (unpaired) electrons. The number of benzene rings is 1. The number of methoxy groups -OCH3 is 2. The largest absolute Gasteiger partial charge is 0.496 e. The second-order valence-electron chi connectivity index (χ2n) is 5.39. The van der Waals surface area contributed by atoms with Crippen molar-refractivity contribution in [1.29, 1.82) is 0 Å². The van der Waals surface area contributed by atoms with E-state index in [1.807, 2.05) is 0 Å². The van der Waals surface area contributed by atoms with Crippen LogP contribution in [0.25, 0.3) is 0 Å².